The molecule has 1 rings (SSSR count). The first-order valence-electron chi connectivity index (χ1n) is 6.45. The highest BCUT2D eigenvalue weighted by Crippen LogP contribution is 2.43. The summed E-state index contributed by atoms with van der Waals surface area (Å²) in [5.74, 6) is 0. The van der Waals surface area contributed by atoms with Crippen LogP contribution in [0.4, 0.5) is 0 Å². The standard InChI is InChI=1S/C13H26BrNO2/c1-12(9-17-3)15(7-8-16-2)11-13(10-14)5-4-6-13/h12H,4-11H2,1-3H3. The van der Waals surface area contributed by atoms with Gasteiger partial charge >= 0.3 is 0 Å². The number of hydrogen-bond donors (Lipinski definition) is 0. The van der Waals surface area contributed by atoms with Gasteiger partial charge in [-0.05, 0) is 25.2 Å². The second-order valence-electron chi connectivity index (χ2n) is 5.25. The van der Waals surface area contributed by atoms with Crippen LogP contribution in [0.5, 0.6) is 0 Å². The fourth-order valence-corrected chi connectivity index (χ4v) is 3.19. The Balaban J connectivity index is 2.49. The Bertz CT molecular complexity index is 204. The first-order valence-corrected chi connectivity index (χ1v) is 7.57. The van der Waals surface area contributed by atoms with Crippen LogP contribution in [-0.4, -0.2) is 56.8 Å². The molecule has 0 aromatic carbocycles. The number of ether oxygens (including phenoxy) is 2. The normalized spacial score (nSPS) is 20.3. The zero-order valence-corrected chi connectivity index (χ0v) is 13.0. The second-order valence-corrected chi connectivity index (χ2v) is 5.82. The van der Waals surface area contributed by atoms with Crippen LogP contribution in [0.1, 0.15) is 26.2 Å². The Hall–Kier alpha value is 0.360. The van der Waals surface area contributed by atoms with Crippen LogP contribution >= 0.6 is 15.9 Å². The van der Waals surface area contributed by atoms with Crippen molar-refractivity contribution >= 4 is 15.9 Å². The molecule has 0 heterocycles. The molecular weight excluding hydrogens is 282 g/mol. The first kappa shape index (κ1) is 15.4. The quantitative estimate of drug-likeness (QED) is 0.611. The first-order chi connectivity index (χ1) is 8.17. The van der Waals surface area contributed by atoms with Crippen molar-refractivity contribution in [3.63, 3.8) is 0 Å². The summed E-state index contributed by atoms with van der Waals surface area (Å²) in [6, 6.07) is 0.465. The summed E-state index contributed by atoms with van der Waals surface area (Å²) in [7, 11) is 3.54. The Morgan fingerprint density at radius 2 is 2.00 bits per heavy atom. The van der Waals surface area contributed by atoms with Crippen molar-refractivity contribution in [3.8, 4) is 0 Å². The van der Waals surface area contributed by atoms with Crippen LogP contribution in [0.15, 0.2) is 0 Å². The summed E-state index contributed by atoms with van der Waals surface area (Å²) in [5.41, 5.74) is 0.496. The fraction of sp³-hybridized carbons (Fsp3) is 1.00. The van der Waals surface area contributed by atoms with Crippen molar-refractivity contribution in [3.05, 3.63) is 0 Å². The molecule has 0 aromatic rings. The number of rotatable bonds is 9. The summed E-state index contributed by atoms with van der Waals surface area (Å²) >= 11 is 3.68. The molecule has 0 aliphatic heterocycles. The van der Waals surface area contributed by atoms with Gasteiger partial charge in [0.2, 0.25) is 0 Å². The average Bonchev–Trinajstić information content (AvgIpc) is 2.28. The van der Waals surface area contributed by atoms with Crippen LogP contribution in [0.25, 0.3) is 0 Å². The maximum Gasteiger partial charge on any atom is 0.0615 e. The van der Waals surface area contributed by atoms with Crippen LogP contribution < -0.4 is 0 Å². The predicted octanol–water partition coefficient (Wildman–Crippen LogP) is 2.53. The van der Waals surface area contributed by atoms with Gasteiger partial charge < -0.3 is 9.47 Å². The lowest BCUT2D eigenvalue weighted by Gasteiger charge is -2.45. The van der Waals surface area contributed by atoms with Gasteiger partial charge in [0, 0.05) is 38.7 Å². The van der Waals surface area contributed by atoms with Crippen LogP contribution in [0.2, 0.25) is 0 Å². The Morgan fingerprint density at radius 1 is 1.29 bits per heavy atom. The summed E-state index contributed by atoms with van der Waals surface area (Å²) in [5, 5.41) is 1.11. The number of methoxy groups -OCH3 is 2. The van der Waals surface area contributed by atoms with Crippen LogP contribution in [0.3, 0.4) is 0 Å². The maximum absolute atomic E-state index is 5.27. The summed E-state index contributed by atoms with van der Waals surface area (Å²) in [6.07, 6.45) is 4.07. The summed E-state index contributed by atoms with van der Waals surface area (Å²) in [6.45, 7) is 5.98. The van der Waals surface area contributed by atoms with Gasteiger partial charge in [0.05, 0.1) is 13.2 Å². The molecule has 0 amide bonds. The predicted molar refractivity (Wildman–Crippen MR) is 74.9 cm³/mol. The topological polar surface area (TPSA) is 21.7 Å². The highest BCUT2D eigenvalue weighted by Gasteiger charge is 2.38. The molecular formula is C13H26BrNO2. The van der Waals surface area contributed by atoms with Crippen molar-refractivity contribution < 1.29 is 9.47 Å². The minimum Gasteiger partial charge on any atom is -0.383 e. The molecule has 3 nitrogen and oxygen atoms in total. The van der Waals surface area contributed by atoms with Gasteiger partial charge in [0.25, 0.3) is 0 Å². The smallest absolute Gasteiger partial charge is 0.0615 e. The van der Waals surface area contributed by atoms with E-state index in [4.69, 9.17) is 9.47 Å². The molecule has 0 radical (unpaired) electrons. The Labute approximate surface area is 114 Å². The van der Waals surface area contributed by atoms with Crippen molar-refractivity contribution in [1.29, 1.82) is 0 Å². The lowest BCUT2D eigenvalue weighted by Crippen LogP contribution is -2.49. The van der Waals surface area contributed by atoms with Crippen LogP contribution in [0, 0.1) is 5.41 Å². The third-order valence-electron chi connectivity index (χ3n) is 3.85. The highest BCUT2D eigenvalue weighted by atomic mass is 79.9. The fourth-order valence-electron chi connectivity index (χ4n) is 2.45. The zero-order valence-electron chi connectivity index (χ0n) is 11.4. The van der Waals surface area contributed by atoms with Crippen molar-refractivity contribution in [2.24, 2.45) is 5.41 Å². The molecule has 1 aliphatic carbocycles. The third-order valence-corrected chi connectivity index (χ3v) is 5.04. The summed E-state index contributed by atoms with van der Waals surface area (Å²) < 4.78 is 10.5. The minimum absolute atomic E-state index is 0.465. The Kier molecular flexibility index (Phi) is 7.00. The molecule has 1 saturated carbocycles. The number of halogens is 1. The van der Waals surface area contributed by atoms with E-state index in [1.165, 1.54) is 19.3 Å². The van der Waals surface area contributed by atoms with E-state index in [1.807, 2.05) is 0 Å². The van der Waals surface area contributed by atoms with Crippen molar-refractivity contribution in [1.82, 2.24) is 4.90 Å². The van der Waals surface area contributed by atoms with E-state index >= 15 is 0 Å². The lowest BCUT2D eigenvalue weighted by molar-refractivity contribution is 0.0238. The summed E-state index contributed by atoms with van der Waals surface area (Å²) in [4.78, 5) is 2.51. The molecule has 1 fully saturated rings. The molecule has 102 valence electrons. The lowest BCUT2D eigenvalue weighted by atomic mass is 9.70. The van der Waals surface area contributed by atoms with Gasteiger partial charge in [-0.1, -0.05) is 22.4 Å². The number of nitrogens with zero attached hydrogens (tertiary/aromatic N) is 1. The van der Waals surface area contributed by atoms with Gasteiger partial charge in [-0.25, -0.2) is 0 Å². The molecule has 17 heavy (non-hydrogen) atoms. The van der Waals surface area contributed by atoms with Gasteiger partial charge in [-0.2, -0.15) is 0 Å². The molecule has 0 spiro atoms. The van der Waals surface area contributed by atoms with E-state index in [2.05, 4.69) is 27.8 Å². The zero-order chi connectivity index (χ0) is 12.7. The number of alkyl halides is 1. The molecule has 1 atom stereocenters. The van der Waals surface area contributed by atoms with E-state index < -0.39 is 0 Å². The monoisotopic (exact) mass is 307 g/mol. The van der Waals surface area contributed by atoms with Crippen LogP contribution in [-0.2, 0) is 9.47 Å². The average molecular weight is 308 g/mol. The van der Waals surface area contributed by atoms with Gasteiger partial charge in [-0.15, -0.1) is 0 Å². The molecule has 0 aromatic heterocycles. The van der Waals surface area contributed by atoms with E-state index in [9.17, 15) is 0 Å². The Morgan fingerprint density at radius 3 is 2.41 bits per heavy atom. The van der Waals surface area contributed by atoms with Crippen molar-refractivity contribution in [2.75, 3.05) is 45.9 Å². The highest BCUT2D eigenvalue weighted by molar-refractivity contribution is 9.09. The largest absolute Gasteiger partial charge is 0.383 e. The molecule has 1 unspecified atom stereocenters. The van der Waals surface area contributed by atoms with E-state index in [0.717, 1.165) is 31.6 Å². The molecule has 0 N–H and O–H groups in total. The minimum atomic E-state index is 0.465. The SMILES string of the molecule is COCCN(CC1(CBr)CCC1)C(C)COC. The molecule has 1 aliphatic rings. The van der Waals surface area contributed by atoms with Gasteiger partial charge in [0.1, 0.15) is 0 Å². The van der Waals surface area contributed by atoms with E-state index in [-0.39, 0.29) is 0 Å². The second kappa shape index (κ2) is 7.72. The van der Waals surface area contributed by atoms with Crippen molar-refractivity contribution in [2.45, 2.75) is 32.2 Å². The third kappa shape index (κ3) is 4.51. The van der Waals surface area contributed by atoms with E-state index in [1.54, 1.807) is 14.2 Å². The molecule has 0 saturated heterocycles. The molecule has 0 bridgehead atoms. The van der Waals surface area contributed by atoms with Gasteiger partial charge in [0.15, 0.2) is 0 Å². The molecule has 4 heteroatoms. The van der Waals surface area contributed by atoms with E-state index in [0.29, 0.717) is 11.5 Å². The van der Waals surface area contributed by atoms with Gasteiger partial charge in [-0.3, -0.25) is 4.90 Å². The number of hydrogen-bond acceptors (Lipinski definition) is 3. The maximum atomic E-state index is 5.27.